The Labute approximate surface area is 156 Å². The summed E-state index contributed by atoms with van der Waals surface area (Å²) in [5, 5.41) is 5.57. The van der Waals surface area contributed by atoms with E-state index in [9.17, 15) is 0 Å². The zero-order chi connectivity index (χ0) is 17.8. The monoisotopic (exact) mass is 338 g/mol. The highest BCUT2D eigenvalue weighted by Crippen LogP contribution is 2.35. The van der Waals surface area contributed by atoms with Gasteiger partial charge < -0.3 is 0 Å². The Kier molecular flexibility index (Phi) is 5.02. The lowest BCUT2D eigenvalue weighted by Crippen LogP contribution is -2.02. The summed E-state index contributed by atoms with van der Waals surface area (Å²) >= 11 is 0. The molecule has 0 heteroatoms. The molecule has 0 spiro atoms. The summed E-state index contributed by atoms with van der Waals surface area (Å²) in [6.45, 7) is 3.86. The van der Waals surface area contributed by atoms with E-state index in [0.717, 1.165) is 12.8 Å². The maximum atomic E-state index is 3.86. The highest BCUT2D eigenvalue weighted by atomic mass is 14.2. The Bertz CT molecular complexity index is 995. The predicted molar refractivity (Wildman–Crippen MR) is 114 cm³/mol. The van der Waals surface area contributed by atoms with Gasteiger partial charge in [0.25, 0.3) is 0 Å². The van der Waals surface area contributed by atoms with Gasteiger partial charge in [0.2, 0.25) is 0 Å². The van der Waals surface area contributed by atoms with E-state index in [0.29, 0.717) is 5.92 Å². The molecule has 4 aromatic carbocycles. The first kappa shape index (κ1) is 16.8. The summed E-state index contributed by atoms with van der Waals surface area (Å²) in [5.74, 6) is 0.575. The van der Waals surface area contributed by atoms with Gasteiger partial charge in [-0.1, -0.05) is 42.0 Å². The SMILES string of the molecule is C=CCCCCC(Cc1cc[c-]2ccccc12)c1cc[c-]2ccccc12. The fourth-order valence-corrected chi connectivity index (χ4v) is 4.24. The average Bonchev–Trinajstić information content (AvgIpc) is 3.29. The van der Waals surface area contributed by atoms with E-state index in [1.54, 1.807) is 0 Å². The Morgan fingerprint density at radius 2 is 1.54 bits per heavy atom. The van der Waals surface area contributed by atoms with Crippen LogP contribution in [0, 0.1) is 0 Å². The van der Waals surface area contributed by atoms with E-state index in [4.69, 9.17) is 0 Å². The number of unbranched alkanes of at least 4 members (excludes halogenated alkanes) is 2. The summed E-state index contributed by atoms with van der Waals surface area (Å²) in [6, 6.07) is 26.8. The largest absolute Gasteiger partial charge is 0.148 e. The molecule has 0 bridgehead atoms. The van der Waals surface area contributed by atoms with Crippen molar-refractivity contribution in [2.24, 2.45) is 0 Å². The molecule has 0 aliphatic rings. The number of hydrogen-bond donors (Lipinski definition) is 0. The summed E-state index contributed by atoms with van der Waals surface area (Å²) in [6.07, 6.45) is 8.01. The standard InChI is InChI=1S/C26H26/c1-2-3-4-5-12-22(26-18-17-21-11-7-9-14-25(21)26)19-23-16-15-20-10-6-8-13-24(20)23/h2,6-11,13-18,22H,1,3-5,12,19H2/q-2. The minimum Gasteiger partial charge on any atom is -0.148 e. The van der Waals surface area contributed by atoms with Crippen LogP contribution in [0.4, 0.5) is 0 Å². The van der Waals surface area contributed by atoms with E-state index in [2.05, 4.69) is 79.4 Å². The third kappa shape index (κ3) is 3.37. The summed E-state index contributed by atoms with van der Waals surface area (Å²) in [7, 11) is 0. The van der Waals surface area contributed by atoms with Crippen LogP contribution in [0.5, 0.6) is 0 Å². The predicted octanol–water partition coefficient (Wildman–Crippen LogP) is 7.50. The molecule has 1 unspecified atom stereocenters. The molecule has 0 heterocycles. The van der Waals surface area contributed by atoms with Crippen molar-refractivity contribution in [3.8, 4) is 0 Å². The lowest BCUT2D eigenvalue weighted by molar-refractivity contribution is 0.575. The van der Waals surface area contributed by atoms with Crippen LogP contribution in [0.3, 0.4) is 0 Å². The molecule has 0 aromatic heterocycles. The molecule has 0 saturated heterocycles. The van der Waals surface area contributed by atoms with E-state index in [-0.39, 0.29) is 0 Å². The zero-order valence-corrected chi connectivity index (χ0v) is 15.3. The van der Waals surface area contributed by atoms with Gasteiger partial charge in [0.1, 0.15) is 0 Å². The van der Waals surface area contributed by atoms with Gasteiger partial charge in [-0.05, 0) is 12.8 Å². The van der Waals surface area contributed by atoms with E-state index in [1.807, 2.05) is 6.08 Å². The number of benzene rings is 2. The molecular formula is C26H26-2. The molecule has 0 aliphatic carbocycles. The molecule has 4 rings (SSSR count). The fraction of sp³-hybridized carbons (Fsp3) is 0.231. The highest BCUT2D eigenvalue weighted by Gasteiger charge is 2.11. The third-order valence-electron chi connectivity index (χ3n) is 5.60. The Hall–Kier alpha value is -2.60. The van der Waals surface area contributed by atoms with Crippen molar-refractivity contribution in [3.63, 3.8) is 0 Å². The molecule has 0 fully saturated rings. The van der Waals surface area contributed by atoms with E-state index < -0.39 is 0 Å². The quantitative estimate of drug-likeness (QED) is 0.177. The smallest absolute Gasteiger partial charge is 0.0353 e. The van der Waals surface area contributed by atoms with Crippen LogP contribution in [0.15, 0.2) is 85.5 Å². The first-order valence-corrected chi connectivity index (χ1v) is 9.75. The van der Waals surface area contributed by atoms with Crippen LogP contribution in [0.1, 0.15) is 42.7 Å². The van der Waals surface area contributed by atoms with Crippen LogP contribution >= 0.6 is 0 Å². The van der Waals surface area contributed by atoms with Crippen LogP contribution < -0.4 is 0 Å². The lowest BCUT2D eigenvalue weighted by Gasteiger charge is -2.23. The molecule has 0 N–H and O–H groups in total. The lowest BCUT2D eigenvalue weighted by atomic mass is 9.87. The van der Waals surface area contributed by atoms with Crippen molar-refractivity contribution in [3.05, 3.63) is 96.6 Å². The van der Waals surface area contributed by atoms with Crippen molar-refractivity contribution in [2.75, 3.05) is 0 Å². The summed E-state index contributed by atoms with van der Waals surface area (Å²) < 4.78 is 0. The van der Waals surface area contributed by atoms with Gasteiger partial charge in [-0.15, -0.1) is 101 Å². The molecule has 0 amide bonds. The van der Waals surface area contributed by atoms with Crippen molar-refractivity contribution in [1.29, 1.82) is 0 Å². The van der Waals surface area contributed by atoms with Gasteiger partial charge in [-0.25, -0.2) is 0 Å². The number of fused-ring (bicyclic) bond motifs is 2. The van der Waals surface area contributed by atoms with Crippen LogP contribution in [-0.4, -0.2) is 0 Å². The van der Waals surface area contributed by atoms with Gasteiger partial charge in [0.15, 0.2) is 0 Å². The number of hydrogen-bond acceptors (Lipinski definition) is 0. The molecule has 132 valence electrons. The van der Waals surface area contributed by atoms with Crippen molar-refractivity contribution in [1.82, 2.24) is 0 Å². The van der Waals surface area contributed by atoms with Gasteiger partial charge in [0, 0.05) is 0 Å². The topological polar surface area (TPSA) is 0 Å². The minimum absolute atomic E-state index is 0.575. The molecule has 1 atom stereocenters. The normalized spacial score (nSPS) is 12.6. The molecule has 26 heavy (non-hydrogen) atoms. The first-order chi connectivity index (χ1) is 12.9. The molecule has 0 nitrogen and oxygen atoms in total. The maximum Gasteiger partial charge on any atom is -0.0353 e. The second-order valence-corrected chi connectivity index (χ2v) is 7.30. The average molecular weight is 338 g/mol. The van der Waals surface area contributed by atoms with Crippen LogP contribution in [0.2, 0.25) is 0 Å². The Morgan fingerprint density at radius 3 is 2.35 bits per heavy atom. The molecule has 0 aliphatic heterocycles. The number of allylic oxidation sites excluding steroid dienone is 1. The van der Waals surface area contributed by atoms with Gasteiger partial charge in [-0.2, -0.15) is 0 Å². The second-order valence-electron chi connectivity index (χ2n) is 7.30. The van der Waals surface area contributed by atoms with Gasteiger partial charge in [-0.3, -0.25) is 0 Å². The highest BCUT2D eigenvalue weighted by molar-refractivity contribution is 5.89. The van der Waals surface area contributed by atoms with Crippen molar-refractivity contribution >= 4 is 21.5 Å². The van der Waals surface area contributed by atoms with Crippen LogP contribution in [-0.2, 0) is 6.42 Å². The zero-order valence-electron chi connectivity index (χ0n) is 15.3. The van der Waals surface area contributed by atoms with Gasteiger partial charge in [0.05, 0.1) is 0 Å². The summed E-state index contributed by atoms with van der Waals surface area (Å²) in [4.78, 5) is 0. The fourth-order valence-electron chi connectivity index (χ4n) is 4.24. The molecular weight excluding hydrogens is 312 g/mol. The third-order valence-corrected chi connectivity index (χ3v) is 5.60. The second kappa shape index (κ2) is 7.74. The minimum atomic E-state index is 0.575. The molecule has 4 aromatic rings. The van der Waals surface area contributed by atoms with Gasteiger partial charge >= 0.3 is 0 Å². The molecule has 0 radical (unpaired) electrons. The number of rotatable bonds is 8. The van der Waals surface area contributed by atoms with E-state index in [1.165, 1.54) is 51.9 Å². The van der Waals surface area contributed by atoms with Crippen LogP contribution in [0.25, 0.3) is 21.5 Å². The van der Waals surface area contributed by atoms with Crippen molar-refractivity contribution in [2.45, 2.75) is 38.0 Å². The first-order valence-electron chi connectivity index (χ1n) is 9.75. The Morgan fingerprint density at radius 1 is 0.808 bits per heavy atom. The maximum absolute atomic E-state index is 3.86. The van der Waals surface area contributed by atoms with E-state index >= 15 is 0 Å². The summed E-state index contributed by atoms with van der Waals surface area (Å²) in [5.41, 5.74) is 3.00. The Balaban J connectivity index is 1.65. The molecule has 0 saturated carbocycles. The van der Waals surface area contributed by atoms with Crippen molar-refractivity contribution < 1.29 is 0 Å².